The number of sulfonamides is 1. The minimum Gasteiger partial charge on any atom is -0.329 e. The van der Waals surface area contributed by atoms with E-state index in [9.17, 15) is 8.42 Å². The summed E-state index contributed by atoms with van der Waals surface area (Å²) in [5.74, 6) is 0. The average molecular weight is 294 g/mol. The maximum Gasteiger partial charge on any atom is 0.242 e. The van der Waals surface area contributed by atoms with Crippen molar-refractivity contribution in [2.24, 2.45) is 5.73 Å². The molecule has 1 rings (SSSR count). The molecule has 0 aliphatic heterocycles. The number of halogens is 1. The smallest absolute Gasteiger partial charge is 0.242 e. The zero-order chi connectivity index (χ0) is 12.7. The third-order valence-electron chi connectivity index (χ3n) is 2.46. The third-order valence-corrected chi connectivity index (χ3v) is 3.96. The number of nitrogens with two attached hydrogens (primary N) is 1. The van der Waals surface area contributed by atoms with E-state index in [1.54, 1.807) is 6.07 Å². The number of hydrogen-bond donors (Lipinski definition) is 2. The standard InChI is InChI=1S/C11H19N3O2S.ClH/c1-2-3-5-10(8-12)14-17(15,16)11-6-4-7-13-9-11;/h4,6-7,9-10,14H,2-3,5,8,12H2,1H3;1H. The lowest BCUT2D eigenvalue weighted by molar-refractivity contribution is 0.516. The van der Waals surface area contributed by atoms with Gasteiger partial charge < -0.3 is 5.73 Å². The summed E-state index contributed by atoms with van der Waals surface area (Å²) >= 11 is 0. The van der Waals surface area contributed by atoms with Crippen molar-refractivity contribution in [2.45, 2.75) is 37.1 Å². The topological polar surface area (TPSA) is 85.1 Å². The SMILES string of the molecule is CCCCC(CN)NS(=O)(=O)c1cccnc1.Cl. The van der Waals surface area contributed by atoms with E-state index >= 15 is 0 Å². The van der Waals surface area contributed by atoms with Crippen LogP contribution in [0.25, 0.3) is 0 Å². The van der Waals surface area contributed by atoms with E-state index in [0.717, 1.165) is 19.3 Å². The second kappa shape index (κ2) is 8.42. The highest BCUT2D eigenvalue weighted by Gasteiger charge is 2.18. The van der Waals surface area contributed by atoms with Gasteiger partial charge in [0.05, 0.1) is 0 Å². The first-order valence-electron chi connectivity index (χ1n) is 5.72. The second-order valence-electron chi connectivity index (χ2n) is 3.88. The molecule has 104 valence electrons. The molecule has 1 unspecified atom stereocenters. The van der Waals surface area contributed by atoms with E-state index in [1.165, 1.54) is 18.5 Å². The summed E-state index contributed by atoms with van der Waals surface area (Å²) in [6.07, 6.45) is 5.60. The van der Waals surface area contributed by atoms with Crippen LogP contribution in [0.5, 0.6) is 0 Å². The number of aromatic nitrogens is 1. The summed E-state index contributed by atoms with van der Waals surface area (Å²) in [6, 6.07) is 2.90. The van der Waals surface area contributed by atoms with E-state index in [4.69, 9.17) is 5.73 Å². The molecule has 0 fully saturated rings. The zero-order valence-electron chi connectivity index (χ0n) is 10.4. The van der Waals surface area contributed by atoms with Crippen LogP contribution in [0, 0.1) is 0 Å². The van der Waals surface area contributed by atoms with Crippen LogP contribution in [0.1, 0.15) is 26.2 Å². The van der Waals surface area contributed by atoms with Crippen molar-refractivity contribution >= 4 is 22.4 Å². The van der Waals surface area contributed by atoms with Crippen LogP contribution in [0.2, 0.25) is 0 Å². The van der Waals surface area contributed by atoms with Crippen LogP contribution in [-0.2, 0) is 10.0 Å². The van der Waals surface area contributed by atoms with Gasteiger partial charge in [-0.05, 0) is 18.6 Å². The highest BCUT2D eigenvalue weighted by atomic mass is 35.5. The molecule has 0 bridgehead atoms. The van der Waals surface area contributed by atoms with Gasteiger partial charge in [-0.1, -0.05) is 19.8 Å². The van der Waals surface area contributed by atoms with Gasteiger partial charge in [-0.25, -0.2) is 13.1 Å². The van der Waals surface area contributed by atoms with Gasteiger partial charge in [0.15, 0.2) is 0 Å². The van der Waals surface area contributed by atoms with Crippen LogP contribution >= 0.6 is 12.4 Å². The monoisotopic (exact) mass is 293 g/mol. The van der Waals surface area contributed by atoms with E-state index in [1.807, 2.05) is 0 Å². The summed E-state index contributed by atoms with van der Waals surface area (Å²) in [6.45, 7) is 2.36. The molecule has 0 aliphatic carbocycles. The fraction of sp³-hybridized carbons (Fsp3) is 0.545. The number of unbranched alkanes of at least 4 members (excludes halogenated alkanes) is 1. The first-order valence-corrected chi connectivity index (χ1v) is 7.21. The van der Waals surface area contributed by atoms with E-state index in [2.05, 4.69) is 16.6 Å². The molecule has 3 N–H and O–H groups in total. The molecule has 7 heteroatoms. The summed E-state index contributed by atoms with van der Waals surface area (Å²) < 4.78 is 26.5. The van der Waals surface area contributed by atoms with Crippen molar-refractivity contribution in [2.75, 3.05) is 6.54 Å². The maximum absolute atomic E-state index is 12.0. The van der Waals surface area contributed by atoms with Crippen LogP contribution in [0.3, 0.4) is 0 Å². The van der Waals surface area contributed by atoms with E-state index < -0.39 is 10.0 Å². The molecular weight excluding hydrogens is 274 g/mol. The molecule has 1 aromatic rings. The summed E-state index contributed by atoms with van der Waals surface area (Å²) in [7, 11) is -3.49. The molecule has 1 heterocycles. The lowest BCUT2D eigenvalue weighted by Gasteiger charge is -2.16. The Balaban J connectivity index is 0.00000289. The van der Waals surface area contributed by atoms with Gasteiger partial charge in [0.25, 0.3) is 0 Å². The summed E-state index contributed by atoms with van der Waals surface area (Å²) in [5.41, 5.74) is 5.56. The van der Waals surface area contributed by atoms with Crippen LogP contribution in [0.15, 0.2) is 29.4 Å². The molecule has 0 saturated carbocycles. The largest absolute Gasteiger partial charge is 0.329 e. The van der Waals surface area contributed by atoms with Crippen molar-refractivity contribution in [3.05, 3.63) is 24.5 Å². The number of rotatable bonds is 7. The minimum atomic E-state index is -3.49. The van der Waals surface area contributed by atoms with Gasteiger partial charge in [0.1, 0.15) is 4.90 Å². The van der Waals surface area contributed by atoms with Crippen LogP contribution in [-0.4, -0.2) is 26.0 Å². The molecule has 0 spiro atoms. The molecule has 0 saturated heterocycles. The van der Waals surface area contributed by atoms with Crippen LogP contribution in [0.4, 0.5) is 0 Å². The first-order chi connectivity index (χ1) is 8.10. The number of pyridine rings is 1. The Labute approximate surface area is 115 Å². The quantitative estimate of drug-likeness (QED) is 0.793. The molecule has 1 aromatic heterocycles. The Morgan fingerprint density at radius 1 is 1.50 bits per heavy atom. The number of nitrogens with zero attached hydrogens (tertiary/aromatic N) is 1. The summed E-state index contributed by atoms with van der Waals surface area (Å²) in [5, 5.41) is 0. The van der Waals surface area contributed by atoms with Crippen molar-refractivity contribution in [1.82, 2.24) is 9.71 Å². The Bertz CT molecular complexity index is 425. The number of hydrogen-bond acceptors (Lipinski definition) is 4. The molecule has 0 aromatic carbocycles. The zero-order valence-corrected chi connectivity index (χ0v) is 12.0. The highest BCUT2D eigenvalue weighted by Crippen LogP contribution is 2.08. The molecule has 18 heavy (non-hydrogen) atoms. The molecule has 0 radical (unpaired) electrons. The van der Waals surface area contributed by atoms with E-state index in [0.29, 0.717) is 6.54 Å². The van der Waals surface area contributed by atoms with Crippen molar-refractivity contribution in [3.8, 4) is 0 Å². The van der Waals surface area contributed by atoms with Gasteiger partial charge >= 0.3 is 0 Å². The molecule has 0 amide bonds. The van der Waals surface area contributed by atoms with Gasteiger partial charge in [0.2, 0.25) is 10.0 Å². The summed E-state index contributed by atoms with van der Waals surface area (Å²) in [4.78, 5) is 3.97. The lowest BCUT2D eigenvalue weighted by atomic mass is 10.1. The van der Waals surface area contributed by atoms with Gasteiger partial charge in [-0.2, -0.15) is 0 Å². The van der Waals surface area contributed by atoms with Gasteiger partial charge in [-0.3, -0.25) is 4.98 Å². The Morgan fingerprint density at radius 2 is 2.22 bits per heavy atom. The maximum atomic E-state index is 12.0. The van der Waals surface area contributed by atoms with Crippen molar-refractivity contribution in [1.29, 1.82) is 0 Å². The predicted molar refractivity (Wildman–Crippen MR) is 74.2 cm³/mol. The van der Waals surface area contributed by atoms with Gasteiger partial charge in [0, 0.05) is 25.0 Å². The van der Waals surface area contributed by atoms with E-state index in [-0.39, 0.29) is 23.3 Å². The van der Waals surface area contributed by atoms with Crippen LogP contribution < -0.4 is 10.5 Å². The highest BCUT2D eigenvalue weighted by molar-refractivity contribution is 7.89. The molecule has 0 aliphatic rings. The fourth-order valence-corrected chi connectivity index (χ4v) is 2.72. The lowest BCUT2D eigenvalue weighted by Crippen LogP contribution is -2.40. The van der Waals surface area contributed by atoms with Crippen molar-refractivity contribution in [3.63, 3.8) is 0 Å². The fourth-order valence-electron chi connectivity index (χ4n) is 1.47. The average Bonchev–Trinajstić information content (AvgIpc) is 2.35. The molecule has 1 atom stereocenters. The second-order valence-corrected chi connectivity index (χ2v) is 5.60. The normalized spacial score (nSPS) is 12.8. The minimum absolute atomic E-state index is 0. The number of nitrogens with one attached hydrogen (secondary N) is 1. The Hall–Kier alpha value is -0.690. The first kappa shape index (κ1) is 17.3. The molecular formula is C11H20ClN3O2S. The molecule has 5 nitrogen and oxygen atoms in total. The Kier molecular flexibility index (Phi) is 8.10. The third kappa shape index (κ3) is 5.30. The van der Waals surface area contributed by atoms with Gasteiger partial charge in [-0.15, -0.1) is 12.4 Å². The predicted octanol–water partition coefficient (Wildman–Crippen LogP) is 1.30. The Morgan fingerprint density at radius 3 is 2.72 bits per heavy atom. The van der Waals surface area contributed by atoms with Crippen molar-refractivity contribution < 1.29 is 8.42 Å².